The molecule has 0 radical (unpaired) electrons. The topological polar surface area (TPSA) is 109 Å². The zero-order chi connectivity index (χ0) is 34.4. The molecule has 2 aliphatic carbocycles. The molecule has 8 rings (SSSR count). The summed E-state index contributed by atoms with van der Waals surface area (Å²) >= 11 is 6.11. The van der Waals surface area contributed by atoms with E-state index in [0.29, 0.717) is 28.4 Å². The van der Waals surface area contributed by atoms with Crippen molar-refractivity contribution in [2.75, 3.05) is 16.8 Å². The molecule has 0 spiro atoms. The summed E-state index contributed by atoms with van der Waals surface area (Å²) in [5.74, 6) is -4.00. The van der Waals surface area contributed by atoms with Crippen molar-refractivity contribution in [3.8, 4) is 5.75 Å². The number of alkyl halides is 3. The lowest BCUT2D eigenvalue weighted by Gasteiger charge is -2.43. The van der Waals surface area contributed by atoms with Crippen molar-refractivity contribution in [1.82, 2.24) is 4.98 Å². The number of carbonyl (C=O) groups excluding carboxylic acids is 3. The van der Waals surface area contributed by atoms with Crippen molar-refractivity contribution >= 4 is 68.1 Å². The highest BCUT2D eigenvalue weighted by Gasteiger charge is 2.70. The molecular formula is C35H27BrF3N3O5S2. The van der Waals surface area contributed by atoms with Crippen LogP contribution in [0.4, 0.5) is 24.5 Å². The number of anilines is 2. The van der Waals surface area contributed by atoms with Gasteiger partial charge in [-0.2, -0.15) is 13.2 Å². The van der Waals surface area contributed by atoms with E-state index in [1.54, 1.807) is 18.2 Å². The van der Waals surface area contributed by atoms with E-state index in [1.807, 2.05) is 31.2 Å². The van der Waals surface area contributed by atoms with E-state index < -0.39 is 47.0 Å². The first-order valence-corrected chi connectivity index (χ1v) is 18.1. The van der Waals surface area contributed by atoms with Gasteiger partial charge in [-0.25, -0.2) is 4.90 Å². The summed E-state index contributed by atoms with van der Waals surface area (Å²) < 4.78 is 49.0. The Kier molecular flexibility index (Phi) is 7.83. The predicted molar refractivity (Wildman–Crippen MR) is 182 cm³/mol. The number of para-hydroxylation sites is 2. The first-order valence-electron chi connectivity index (χ1n) is 15.6. The molecule has 3 amide bonds. The first-order chi connectivity index (χ1) is 23.4. The standard InChI is InChI=1S/C35H27BrF3N3O5S2/c1-15-6-2-4-8-21(15)40-24(43)14-47-23-11-10-16(36)12-17(23)25-26-18-13-19(29(26)48-31-30(25)49-34(46)41-31)28-27(18)32(44)42(33(28)45)22-9-5-3-7-20(22)35(37,38)39/h2-12,18-19,25-29H,13-14H2,1H3,(H,40,43)(H,41,46)/t18?,19?,25-,26?,27?,28?,29?/m1/s1. The molecule has 1 aromatic heterocycles. The Morgan fingerprint density at radius 2 is 1.73 bits per heavy atom. The Bertz CT molecular complexity index is 2100. The number of nitrogens with one attached hydrogen (secondary N) is 2. The number of thioether (sulfide) groups is 1. The number of halogens is 4. The maximum Gasteiger partial charge on any atom is 0.418 e. The smallest absolute Gasteiger partial charge is 0.418 e. The van der Waals surface area contributed by atoms with Crippen molar-refractivity contribution in [2.45, 2.75) is 35.7 Å². The number of aromatic amines is 1. The van der Waals surface area contributed by atoms with Gasteiger partial charge in [0, 0.05) is 31.8 Å². The number of aromatic nitrogens is 1. The van der Waals surface area contributed by atoms with Crippen LogP contribution in [0.2, 0.25) is 0 Å². The molecule has 7 atom stereocenters. The van der Waals surface area contributed by atoms with Crippen LogP contribution >= 0.6 is 39.0 Å². The summed E-state index contributed by atoms with van der Waals surface area (Å²) in [7, 11) is 0. The normalized spacial score (nSPS) is 26.8. The fraction of sp³-hybridized carbons (Fsp3) is 0.314. The number of rotatable bonds is 6. The SMILES string of the molecule is Cc1ccccc1NC(=O)COc1ccc(Br)cc1[C@H]1c2sc(=O)[nH]c2SC2C3CC(C4C(=O)N(c5ccccc5C(F)(F)F)C(=O)C34)C21. The summed E-state index contributed by atoms with van der Waals surface area (Å²) in [6.07, 6.45) is -4.19. The van der Waals surface area contributed by atoms with Crippen molar-refractivity contribution < 1.29 is 32.3 Å². The minimum Gasteiger partial charge on any atom is -0.483 e. The number of hydrogen-bond acceptors (Lipinski definition) is 7. The largest absolute Gasteiger partial charge is 0.483 e. The van der Waals surface area contributed by atoms with Crippen LogP contribution in [0.1, 0.15) is 33.9 Å². The van der Waals surface area contributed by atoms with E-state index in [-0.39, 0.29) is 40.4 Å². The first kappa shape index (κ1) is 32.3. The second kappa shape index (κ2) is 11.9. The number of imide groups is 1. The van der Waals surface area contributed by atoms with Crippen LogP contribution < -0.4 is 19.8 Å². The Labute approximate surface area is 294 Å². The zero-order valence-corrected chi connectivity index (χ0v) is 28.8. The fourth-order valence-electron chi connectivity index (χ4n) is 8.45. The second-order valence-corrected chi connectivity index (χ2v) is 15.9. The quantitative estimate of drug-likeness (QED) is 0.201. The average Bonchev–Trinajstić information content (AvgIpc) is 3.80. The number of thiazole rings is 1. The van der Waals surface area contributed by atoms with E-state index in [1.165, 1.54) is 30.0 Å². The fourth-order valence-corrected chi connectivity index (χ4v) is 11.7. The van der Waals surface area contributed by atoms with E-state index in [9.17, 15) is 32.3 Å². The van der Waals surface area contributed by atoms with Gasteiger partial charge in [-0.3, -0.25) is 19.2 Å². The molecule has 8 nitrogen and oxygen atoms in total. The Balaban J connectivity index is 1.15. The summed E-state index contributed by atoms with van der Waals surface area (Å²) in [5.41, 5.74) is 0.804. The summed E-state index contributed by atoms with van der Waals surface area (Å²) in [4.78, 5) is 58.0. The van der Waals surface area contributed by atoms with E-state index in [2.05, 4.69) is 26.2 Å². The van der Waals surface area contributed by atoms with Crippen molar-refractivity contribution in [3.05, 3.63) is 102 Å². The Morgan fingerprint density at radius 1 is 1.02 bits per heavy atom. The highest BCUT2D eigenvalue weighted by molar-refractivity contribution is 9.10. The van der Waals surface area contributed by atoms with Crippen LogP contribution in [0, 0.1) is 36.5 Å². The lowest BCUT2D eigenvalue weighted by molar-refractivity contribution is -0.137. The molecule has 6 unspecified atom stereocenters. The molecule has 14 heteroatoms. The molecule has 2 saturated carbocycles. The molecule has 3 heterocycles. The molecule has 1 saturated heterocycles. The number of nitrogens with zero attached hydrogens (tertiary/aromatic N) is 1. The number of aryl methyl sites for hydroxylation is 1. The van der Waals surface area contributed by atoms with Gasteiger partial charge >= 0.3 is 11.0 Å². The van der Waals surface area contributed by atoms with Crippen molar-refractivity contribution in [2.24, 2.45) is 29.6 Å². The molecule has 4 aromatic rings. The van der Waals surface area contributed by atoms with Gasteiger partial charge < -0.3 is 15.0 Å². The van der Waals surface area contributed by atoms with Gasteiger partial charge in [0.1, 0.15) is 5.75 Å². The highest BCUT2D eigenvalue weighted by atomic mass is 79.9. The van der Waals surface area contributed by atoms with Crippen LogP contribution in [0.3, 0.4) is 0 Å². The Morgan fingerprint density at radius 3 is 2.49 bits per heavy atom. The third-order valence-corrected chi connectivity index (χ3v) is 13.3. The van der Waals surface area contributed by atoms with Gasteiger partial charge in [0.05, 0.1) is 28.1 Å². The van der Waals surface area contributed by atoms with Gasteiger partial charge in [-0.1, -0.05) is 57.6 Å². The number of H-pyrrole nitrogens is 1. The van der Waals surface area contributed by atoms with Gasteiger partial charge in [0.25, 0.3) is 5.91 Å². The highest BCUT2D eigenvalue weighted by Crippen LogP contribution is 2.69. The molecule has 252 valence electrons. The van der Waals surface area contributed by atoms with Crippen LogP contribution in [0.25, 0.3) is 0 Å². The minimum atomic E-state index is -4.75. The van der Waals surface area contributed by atoms with Crippen molar-refractivity contribution in [3.63, 3.8) is 0 Å². The summed E-state index contributed by atoms with van der Waals surface area (Å²) in [5, 5.41) is 3.34. The van der Waals surface area contributed by atoms with Crippen LogP contribution in [-0.4, -0.2) is 34.6 Å². The molecule has 2 N–H and O–H groups in total. The van der Waals surface area contributed by atoms with Crippen molar-refractivity contribution in [1.29, 1.82) is 0 Å². The number of fused-ring (bicyclic) bond motifs is 9. The van der Waals surface area contributed by atoms with Gasteiger partial charge in [0.15, 0.2) is 6.61 Å². The van der Waals surface area contributed by atoms with Crippen LogP contribution in [0.15, 0.2) is 81.0 Å². The van der Waals surface area contributed by atoms with Crippen LogP contribution in [0.5, 0.6) is 5.75 Å². The minimum absolute atomic E-state index is 0.195. The summed E-state index contributed by atoms with van der Waals surface area (Å²) in [6.45, 7) is 1.60. The number of hydrogen-bond donors (Lipinski definition) is 2. The maximum absolute atomic E-state index is 14.1. The predicted octanol–water partition coefficient (Wildman–Crippen LogP) is 7.22. The molecular weight excluding hydrogens is 743 g/mol. The average molecular weight is 771 g/mol. The molecule has 4 aliphatic rings. The number of amides is 3. The van der Waals surface area contributed by atoms with E-state index >= 15 is 0 Å². The monoisotopic (exact) mass is 769 g/mol. The molecule has 3 aromatic carbocycles. The number of benzene rings is 3. The molecule has 2 bridgehead atoms. The van der Waals surface area contributed by atoms with Gasteiger partial charge in [-0.05, 0) is 73.1 Å². The number of carbonyl (C=O) groups is 3. The third-order valence-electron chi connectivity index (χ3n) is 10.3. The lowest BCUT2D eigenvalue weighted by atomic mass is 9.68. The maximum atomic E-state index is 14.1. The van der Waals surface area contributed by atoms with E-state index in [4.69, 9.17) is 4.74 Å². The van der Waals surface area contributed by atoms with E-state index in [0.717, 1.165) is 37.2 Å². The lowest BCUT2D eigenvalue weighted by Crippen LogP contribution is -2.42. The number of ether oxygens (including phenoxy) is 1. The third kappa shape index (κ3) is 5.25. The molecule has 2 aliphatic heterocycles. The molecule has 3 fully saturated rings. The van der Waals surface area contributed by atoms with Gasteiger partial charge in [0.2, 0.25) is 11.8 Å². The second-order valence-electron chi connectivity index (χ2n) is 12.8. The zero-order valence-electron chi connectivity index (χ0n) is 25.6. The van der Waals surface area contributed by atoms with Crippen LogP contribution in [-0.2, 0) is 20.6 Å². The summed E-state index contributed by atoms with van der Waals surface area (Å²) in [6, 6.07) is 17.5. The Hall–Kier alpha value is -3.88. The molecule has 49 heavy (non-hydrogen) atoms. The van der Waals surface area contributed by atoms with Gasteiger partial charge in [-0.15, -0.1) is 11.8 Å².